The van der Waals surface area contributed by atoms with Crippen LogP contribution in [0.1, 0.15) is 77.8 Å². The Kier molecular flexibility index (Phi) is 11.9. The molecular formula is C21H36O. The second kappa shape index (κ2) is 12.5. The molecule has 0 bridgehead atoms. The van der Waals surface area contributed by atoms with Crippen LogP contribution in [0.2, 0.25) is 0 Å². The van der Waals surface area contributed by atoms with E-state index in [9.17, 15) is 0 Å². The van der Waals surface area contributed by atoms with Gasteiger partial charge in [-0.15, -0.1) is 0 Å². The van der Waals surface area contributed by atoms with Crippen molar-refractivity contribution >= 4 is 6.08 Å². The zero-order chi connectivity index (χ0) is 17.0. The van der Waals surface area contributed by atoms with E-state index in [1.165, 1.54) is 11.1 Å². The Bertz CT molecular complexity index is 401. The summed E-state index contributed by atoms with van der Waals surface area (Å²) in [6.45, 7) is 13.3. The van der Waals surface area contributed by atoms with Crippen molar-refractivity contribution in [3.8, 4) is 0 Å². The third-order valence-corrected chi connectivity index (χ3v) is 3.27. The van der Waals surface area contributed by atoms with E-state index in [4.69, 9.17) is 5.11 Å². The number of benzene rings is 1. The highest BCUT2D eigenvalue weighted by molar-refractivity contribution is 5.50. The molecule has 0 saturated carbocycles. The van der Waals surface area contributed by atoms with E-state index in [1.54, 1.807) is 0 Å². The highest BCUT2D eigenvalue weighted by atomic mass is 16.3. The first-order valence-corrected chi connectivity index (χ1v) is 8.74. The standard InChI is InChI=1S/C17H26O.C4H10/c1-14(2)17-11-7-10-16(12-17)9-6-4-5-8-15(3)13-18;1-4(2)3/h6-7,9-12,14-15,18H,4-5,8,13H2,1-3H3;4H,1-3H3/b9-6+;/t15-;/m1./s1. The van der Waals surface area contributed by atoms with Crippen molar-refractivity contribution in [2.45, 2.75) is 66.7 Å². The van der Waals surface area contributed by atoms with Crippen molar-refractivity contribution in [1.29, 1.82) is 0 Å². The predicted molar refractivity (Wildman–Crippen MR) is 100 cm³/mol. The van der Waals surface area contributed by atoms with Crippen LogP contribution in [0.25, 0.3) is 6.08 Å². The number of hydrogen-bond donors (Lipinski definition) is 1. The quantitative estimate of drug-likeness (QED) is 0.587. The highest BCUT2D eigenvalue weighted by Gasteiger charge is 1.99. The highest BCUT2D eigenvalue weighted by Crippen LogP contribution is 2.16. The zero-order valence-electron chi connectivity index (χ0n) is 15.5. The molecule has 22 heavy (non-hydrogen) atoms. The van der Waals surface area contributed by atoms with Gasteiger partial charge in [-0.25, -0.2) is 0 Å². The summed E-state index contributed by atoms with van der Waals surface area (Å²) in [6.07, 6.45) is 7.80. The van der Waals surface area contributed by atoms with Crippen molar-refractivity contribution in [2.75, 3.05) is 6.61 Å². The molecule has 0 fully saturated rings. The van der Waals surface area contributed by atoms with E-state index >= 15 is 0 Å². The molecule has 0 aliphatic carbocycles. The summed E-state index contributed by atoms with van der Waals surface area (Å²) in [5.41, 5.74) is 2.68. The average molecular weight is 305 g/mol. The molecule has 0 aliphatic heterocycles. The van der Waals surface area contributed by atoms with E-state index < -0.39 is 0 Å². The van der Waals surface area contributed by atoms with E-state index in [2.05, 4.69) is 78.0 Å². The van der Waals surface area contributed by atoms with E-state index in [0.717, 1.165) is 25.2 Å². The number of aliphatic hydroxyl groups excluding tert-OH is 1. The Morgan fingerprint density at radius 2 is 1.68 bits per heavy atom. The molecule has 0 radical (unpaired) electrons. The third kappa shape index (κ3) is 11.6. The van der Waals surface area contributed by atoms with Crippen LogP contribution in [0.5, 0.6) is 0 Å². The van der Waals surface area contributed by atoms with E-state index in [0.29, 0.717) is 18.4 Å². The van der Waals surface area contributed by atoms with Crippen molar-refractivity contribution in [1.82, 2.24) is 0 Å². The Labute approximate surface area is 138 Å². The minimum Gasteiger partial charge on any atom is -0.396 e. The molecule has 0 spiro atoms. The summed E-state index contributed by atoms with van der Waals surface area (Å²) < 4.78 is 0. The Morgan fingerprint density at radius 1 is 1.05 bits per heavy atom. The van der Waals surface area contributed by atoms with Crippen LogP contribution in [0.3, 0.4) is 0 Å². The number of aliphatic hydroxyl groups is 1. The summed E-state index contributed by atoms with van der Waals surface area (Å²) in [5, 5.41) is 8.93. The van der Waals surface area contributed by atoms with Gasteiger partial charge in [0.2, 0.25) is 0 Å². The van der Waals surface area contributed by atoms with Crippen LogP contribution in [0, 0.1) is 11.8 Å². The maximum Gasteiger partial charge on any atom is 0.0456 e. The number of rotatable bonds is 7. The Hall–Kier alpha value is -1.08. The number of allylic oxidation sites excluding steroid dienone is 1. The summed E-state index contributed by atoms with van der Waals surface area (Å²) in [5.74, 6) is 1.85. The lowest BCUT2D eigenvalue weighted by molar-refractivity contribution is 0.228. The van der Waals surface area contributed by atoms with Gasteiger partial charge in [-0.2, -0.15) is 0 Å². The molecule has 1 rings (SSSR count). The van der Waals surface area contributed by atoms with Crippen LogP contribution in [-0.2, 0) is 0 Å². The molecule has 1 aromatic rings. The second-order valence-electron chi connectivity index (χ2n) is 7.18. The van der Waals surface area contributed by atoms with Crippen LogP contribution in [0.15, 0.2) is 30.3 Å². The minimum absolute atomic E-state index is 0.306. The fraction of sp³-hybridized carbons (Fsp3) is 0.619. The fourth-order valence-electron chi connectivity index (χ4n) is 1.92. The summed E-state index contributed by atoms with van der Waals surface area (Å²) in [4.78, 5) is 0. The maximum absolute atomic E-state index is 8.93. The first-order valence-electron chi connectivity index (χ1n) is 8.74. The van der Waals surface area contributed by atoms with Gasteiger partial charge in [-0.3, -0.25) is 0 Å². The number of hydrogen-bond acceptors (Lipinski definition) is 1. The minimum atomic E-state index is 0.306. The fourth-order valence-corrected chi connectivity index (χ4v) is 1.92. The Morgan fingerprint density at radius 3 is 2.23 bits per heavy atom. The maximum atomic E-state index is 8.93. The van der Waals surface area contributed by atoms with Gasteiger partial charge in [0.15, 0.2) is 0 Å². The number of unbranched alkanes of at least 4 members (excludes halogenated alkanes) is 1. The molecule has 1 nitrogen and oxygen atoms in total. The van der Waals surface area contributed by atoms with Crippen LogP contribution in [-0.4, -0.2) is 11.7 Å². The largest absolute Gasteiger partial charge is 0.396 e. The van der Waals surface area contributed by atoms with Gasteiger partial charge in [0.25, 0.3) is 0 Å². The van der Waals surface area contributed by atoms with E-state index in [-0.39, 0.29) is 0 Å². The molecule has 0 aromatic heterocycles. The van der Waals surface area contributed by atoms with E-state index in [1.807, 2.05) is 0 Å². The summed E-state index contributed by atoms with van der Waals surface area (Å²) >= 11 is 0. The van der Waals surface area contributed by atoms with Gasteiger partial charge >= 0.3 is 0 Å². The average Bonchev–Trinajstić information content (AvgIpc) is 2.46. The lowest BCUT2D eigenvalue weighted by atomic mass is 10.0. The van der Waals surface area contributed by atoms with Crippen molar-refractivity contribution in [3.63, 3.8) is 0 Å². The van der Waals surface area contributed by atoms with Gasteiger partial charge in [0.05, 0.1) is 0 Å². The molecular weight excluding hydrogens is 268 g/mol. The lowest BCUT2D eigenvalue weighted by Gasteiger charge is -2.06. The smallest absolute Gasteiger partial charge is 0.0456 e. The molecule has 1 heteroatoms. The molecule has 1 aromatic carbocycles. The predicted octanol–water partition coefficient (Wildman–Crippen LogP) is 6.28. The van der Waals surface area contributed by atoms with Gasteiger partial charge in [0, 0.05) is 6.61 Å². The molecule has 0 amide bonds. The van der Waals surface area contributed by atoms with Crippen LogP contribution >= 0.6 is 0 Å². The second-order valence-corrected chi connectivity index (χ2v) is 7.18. The summed E-state index contributed by atoms with van der Waals surface area (Å²) in [7, 11) is 0. The van der Waals surface area contributed by atoms with Crippen LogP contribution < -0.4 is 0 Å². The van der Waals surface area contributed by atoms with Crippen molar-refractivity contribution < 1.29 is 5.11 Å². The SMILES string of the molecule is CC(C)C.CC(C)c1cccc(/C=C/CCC[C@@H](C)CO)c1. The third-order valence-electron chi connectivity index (χ3n) is 3.27. The van der Waals surface area contributed by atoms with Gasteiger partial charge in [-0.05, 0) is 48.1 Å². The van der Waals surface area contributed by atoms with Gasteiger partial charge in [0.1, 0.15) is 0 Å². The van der Waals surface area contributed by atoms with Crippen molar-refractivity contribution in [3.05, 3.63) is 41.5 Å². The first-order chi connectivity index (χ1) is 10.4. The topological polar surface area (TPSA) is 20.2 Å². The van der Waals surface area contributed by atoms with Crippen molar-refractivity contribution in [2.24, 2.45) is 11.8 Å². The van der Waals surface area contributed by atoms with Crippen LogP contribution in [0.4, 0.5) is 0 Å². The molecule has 0 aliphatic rings. The molecule has 126 valence electrons. The molecule has 0 saturated heterocycles. The molecule has 1 N–H and O–H groups in total. The molecule has 0 heterocycles. The lowest BCUT2D eigenvalue weighted by Crippen LogP contribution is -1.99. The normalized spacial score (nSPS) is 12.6. The Balaban J connectivity index is 0.000000980. The first kappa shape index (κ1) is 20.9. The molecule has 1 atom stereocenters. The monoisotopic (exact) mass is 304 g/mol. The van der Waals surface area contributed by atoms with Gasteiger partial charge in [-0.1, -0.05) is 78.0 Å². The summed E-state index contributed by atoms with van der Waals surface area (Å²) in [6, 6.07) is 8.73. The molecule has 0 unspecified atom stereocenters. The van der Waals surface area contributed by atoms with Gasteiger partial charge < -0.3 is 5.11 Å². The zero-order valence-corrected chi connectivity index (χ0v) is 15.5.